The van der Waals surface area contributed by atoms with Crippen molar-refractivity contribution in [2.75, 3.05) is 4.90 Å². The molecule has 0 atom stereocenters. The number of anilines is 3. The third-order valence-corrected chi connectivity index (χ3v) is 14.7. The maximum absolute atomic E-state index is 2.62. The summed E-state index contributed by atoms with van der Waals surface area (Å²) in [4.78, 5) is 2.48. The molecule has 0 unspecified atom stereocenters. The van der Waals surface area contributed by atoms with E-state index < -0.39 is 0 Å². The highest BCUT2D eigenvalue weighted by Gasteiger charge is 2.30. The maximum atomic E-state index is 2.62. The lowest BCUT2D eigenvalue weighted by molar-refractivity contribution is 0.590. The van der Waals surface area contributed by atoms with Crippen molar-refractivity contribution < 1.29 is 0 Å². The topological polar surface area (TPSA) is 12.1 Å². The van der Waals surface area contributed by atoms with Crippen LogP contribution < -0.4 is 4.90 Å². The molecule has 0 fully saturated rings. The molecule has 65 heavy (non-hydrogen) atoms. The third-order valence-electron chi connectivity index (χ3n) is 14.7. The van der Waals surface area contributed by atoms with Crippen LogP contribution in [-0.4, -0.2) is 8.80 Å². The molecule has 0 saturated heterocycles. The van der Waals surface area contributed by atoms with Crippen molar-refractivity contribution >= 4 is 104 Å². The summed E-state index contributed by atoms with van der Waals surface area (Å²) in [5, 5.41) is 13.1. The van der Waals surface area contributed by atoms with Crippen LogP contribution in [0.1, 0.15) is 105 Å². The van der Waals surface area contributed by atoms with E-state index in [2.05, 4.69) is 236 Å². The number of aromatic nitrogens is 2. The molecule has 4 aromatic heterocycles. The molecule has 12 aromatic rings. The maximum Gasteiger partial charge on any atom is 0.0783 e. The van der Waals surface area contributed by atoms with Crippen LogP contribution in [-0.2, 0) is 21.7 Å². The second-order valence-corrected chi connectivity index (χ2v) is 23.2. The predicted octanol–water partition coefficient (Wildman–Crippen LogP) is 17.8. The smallest absolute Gasteiger partial charge is 0.0783 e. The lowest BCUT2D eigenvalue weighted by atomic mass is 9.84. The SMILES string of the molecule is CC(C)(C)c1ccc2c(c1)c1cc(C(C)(C)C)cc3c4cc5cc6c(cc5cc4n2c13)c1cc(C(C)(C)C)cc2c3cc(C(C)(C)C)cc(N(c4ccccc4)c4ccccc4)c3n6c12. The molecule has 12 rings (SSSR count). The largest absolute Gasteiger partial charge is 0.308 e. The molecule has 0 amide bonds. The van der Waals surface area contributed by atoms with Crippen LogP contribution in [0.5, 0.6) is 0 Å². The summed E-state index contributed by atoms with van der Waals surface area (Å²) in [6.45, 7) is 28.1. The van der Waals surface area contributed by atoms with E-state index >= 15 is 0 Å². The molecular formula is C62H59N3. The second-order valence-electron chi connectivity index (χ2n) is 23.2. The number of para-hydroxylation sites is 2. The Bertz CT molecular complexity index is 3850. The number of fused-ring (bicyclic) bond motifs is 13. The first-order chi connectivity index (χ1) is 30.8. The Labute approximate surface area is 382 Å². The van der Waals surface area contributed by atoms with Gasteiger partial charge in [0.25, 0.3) is 0 Å². The van der Waals surface area contributed by atoms with Gasteiger partial charge in [-0.2, -0.15) is 0 Å². The minimum atomic E-state index is -0.0751. The van der Waals surface area contributed by atoms with Crippen LogP contribution in [0.4, 0.5) is 17.1 Å². The fourth-order valence-electron chi connectivity index (χ4n) is 10.9. The van der Waals surface area contributed by atoms with Gasteiger partial charge in [0.2, 0.25) is 0 Å². The molecule has 0 N–H and O–H groups in total. The lowest BCUT2D eigenvalue weighted by Crippen LogP contribution is -2.15. The predicted molar refractivity (Wildman–Crippen MR) is 283 cm³/mol. The Morgan fingerprint density at radius 3 is 1.14 bits per heavy atom. The summed E-state index contributed by atoms with van der Waals surface area (Å²) >= 11 is 0. The number of rotatable bonds is 3. The first-order valence-electron chi connectivity index (χ1n) is 23.6. The zero-order valence-electron chi connectivity index (χ0n) is 40.1. The van der Waals surface area contributed by atoms with Crippen molar-refractivity contribution in [3.8, 4) is 0 Å². The van der Waals surface area contributed by atoms with Gasteiger partial charge in [0.15, 0.2) is 0 Å². The summed E-state index contributed by atoms with van der Waals surface area (Å²) in [6, 6.07) is 54.0. The summed E-state index contributed by atoms with van der Waals surface area (Å²) in [5.74, 6) is 0. The molecule has 3 nitrogen and oxygen atoms in total. The van der Waals surface area contributed by atoms with Crippen molar-refractivity contribution in [3.63, 3.8) is 0 Å². The number of hydrogen-bond donors (Lipinski definition) is 0. The van der Waals surface area contributed by atoms with E-state index in [1.54, 1.807) is 0 Å². The van der Waals surface area contributed by atoms with Crippen molar-refractivity contribution in [1.29, 1.82) is 0 Å². The second kappa shape index (κ2) is 13.0. The monoisotopic (exact) mass is 845 g/mol. The van der Waals surface area contributed by atoms with E-state index in [0.29, 0.717) is 0 Å². The normalized spacial score (nSPS) is 13.5. The number of nitrogens with zero attached hydrogens (tertiary/aromatic N) is 3. The van der Waals surface area contributed by atoms with Gasteiger partial charge >= 0.3 is 0 Å². The van der Waals surface area contributed by atoms with Gasteiger partial charge in [-0.25, -0.2) is 0 Å². The molecule has 0 aliphatic carbocycles. The Morgan fingerprint density at radius 1 is 0.308 bits per heavy atom. The highest BCUT2D eigenvalue weighted by atomic mass is 15.2. The van der Waals surface area contributed by atoms with Gasteiger partial charge in [-0.1, -0.05) is 126 Å². The van der Waals surface area contributed by atoms with E-state index in [1.807, 2.05) is 0 Å². The zero-order valence-corrected chi connectivity index (χ0v) is 40.1. The van der Waals surface area contributed by atoms with Gasteiger partial charge in [-0.3, -0.25) is 0 Å². The summed E-state index contributed by atoms with van der Waals surface area (Å²) in [7, 11) is 0. The van der Waals surface area contributed by atoms with Gasteiger partial charge in [-0.15, -0.1) is 0 Å². The minimum absolute atomic E-state index is 0.00232. The van der Waals surface area contributed by atoms with Crippen LogP contribution >= 0.6 is 0 Å². The number of hydrogen-bond acceptors (Lipinski definition) is 1. The van der Waals surface area contributed by atoms with Gasteiger partial charge < -0.3 is 13.7 Å². The van der Waals surface area contributed by atoms with Crippen LogP contribution in [0.15, 0.2) is 140 Å². The molecule has 0 bridgehead atoms. The molecule has 0 aliphatic rings. The minimum Gasteiger partial charge on any atom is -0.308 e. The lowest BCUT2D eigenvalue weighted by Gasteiger charge is -2.29. The molecule has 3 heteroatoms. The Morgan fingerprint density at radius 2 is 0.677 bits per heavy atom. The first kappa shape index (κ1) is 40.0. The van der Waals surface area contributed by atoms with Crippen LogP contribution in [0.2, 0.25) is 0 Å². The van der Waals surface area contributed by atoms with Gasteiger partial charge in [-0.05, 0) is 152 Å². The Balaban J connectivity index is 1.25. The summed E-state index contributed by atoms with van der Waals surface area (Å²) < 4.78 is 5.19. The Hall–Kier alpha value is -6.58. The number of benzene rings is 8. The van der Waals surface area contributed by atoms with Crippen molar-refractivity contribution in [3.05, 3.63) is 162 Å². The van der Waals surface area contributed by atoms with E-state index in [-0.39, 0.29) is 21.7 Å². The van der Waals surface area contributed by atoms with E-state index in [9.17, 15) is 0 Å². The van der Waals surface area contributed by atoms with Crippen LogP contribution in [0.3, 0.4) is 0 Å². The van der Waals surface area contributed by atoms with Gasteiger partial charge in [0.1, 0.15) is 0 Å². The highest BCUT2D eigenvalue weighted by Crippen LogP contribution is 2.50. The average Bonchev–Trinajstić information content (AvgIpc) is 3.97. The van der Waals surface area contributed by atoms with Crippen molar-refractivity contribution in [2.24, 2.45) is 0 Å². The molecule has 0 aliphatic heterocycles. The molecule has 322 valence electrons. The molecule has 0 spiro atoms. The van der Waals surface area contributed by atoms with Crippen LogP contribution in [0.25, 0.3) is 87.0 Å². The quantitative estimate of drug-likeness (QED) is 0.173. The van der Waals surface area contributed by atoms with Crippen molar-refractivity contribution in [1.82, 2.24) is 8.80 Å². The fraction of sp³-hybridized carbons (Fsp3) is 0.258. The van der Waals surface area contributed by atoms with Crippen LogP contribution in [0, 0.1) is 0 Å². The van der Waals surface area contributed by atoms with E-state index in [0.717, 1.165) is 11.4 Å². The summed E-state index contributed by atoms with van der Waals surface area (Å²) in [6.07, 6.45) is 0. The standard InChI is InChI=1S/C62H59N3/c1-59(2,3)38-23-24-52-46(29-38)49-32-39(60(4,5)6)30-47-44-25-37-28-54-45(26-36(37)27-53(44)64(52)56(47)49)48-31-40(61(7,8)9)33-50-51-34-41(62(10,11)12)35-55(58(51)65(54)57(48)50)63(42-19-15-13-16-20-42)43-21-17-14-18-22-43/h13-35H,1-12H3. The molecule has 4 heterocycles. The average molecular weight is 846 g/mol. The third kappa shape index (κ3) is 5.80. The van der Waals surface area contributed by atoms with Gasteiger partial charge in [0, 0.05) is 54.5 Å². The first-order valence-corrected chi connectivity index (χ1v) is 23.6. The molecule has 0 saturated carbocycles. The Kier molecular flexibility index (Phi) is 8.01. The van der Waals surface area contributed by atoms with Gasteiger partial charge in [0.05, 0.1) is 38.8 Å². The van der Waals surface area contributed by atoms with E-state index in [1.165, 1.54) is 115 Å². The zero-order chi connectivity index (χ0) is 45.3. The fourth-order valence-corrected chi connectivity index (χ4v) is 10.9. The van der Waals surface area contributed by atoms with Crippen molar-refractivity contribution in [2.45, 2.75) is 105 Å². The summed E-state index contributed by atoms with van der Waals surface area (Å²) in [5.41, 5.74) is 16.5. The highest BCUT2D eigenvalue weighted by molar-refractivity contribution is 6.29. The van der Waals surface area contributed by atoms with E-state index in [4.69, 9.17) is 0 Å². The molecule has 8 aromatic carbocycles. The molecular weight excluding hydrogens is 787 g/mol. The molecule has 0 radical (unpaired) electrons.